The van der Waals surface area contributed by atoms with Crippen molar-refractivity contribution in [3.63, 3.8) is 0 Å². The summed E-state index contributed by atoms with van der Waals surface area (Å²) in [4.78, 5) is 20.2. The predicted octanol–water partition coefficient (Wildman–Crippen LogP) is -1.28. The van der Waals surface area contributed by atoms with Crippen LogP contribution in [0.1, 0.15) is 17.3 Å². The molecule has 0 atom stereocenters. The normalized spacial score (nSPS) is 8.93. The van der Waals surface area contributed by atoms with Gasteiger partial charge in [-0.05, 0) is 18.6 Å². The van der Waals surface area contributed by atoms with Gasteiger partial charge >= 0.3 is 57.4 Å². The molecule has 0 unspecified atom stereocenters. The Balaban J connectivity index is 0. The molecule has 0 amide bonds. The van der Waals surface area contributed by atoms with Crippen LogP contribution in [0.2, 0.25) is 0 Å². The molecule has 70 valence electrons. The summed E-state index contributed by atoms with van der Waals surface area (Å²) in [5, 5.41) is 19.0. The fraction of sp³-hybridized carbons (Fsp3) is 0.125. The summed E-state index contributed by atoms with van der Waals surface area (Å²) >= 11 is 0. The van der Waals surface area contributed by atoms with Crippen molar-refractivity contribution in [1.82, 2.24) is 0 Å². The van der Waals surface area contributed by atoms with E-state index in [1.54, 1.807) is 6.92 Å². The van der Waals surface area contributed by atoms with E-state index in [0.29, 0.717) is 5.56 Å². The second-order valence-electron chi connectivity index (χ2n) is 2.58. The van der Waals surface area contributed by atoms with E-state index in [4.69, 9.17) is 5.11 Å². The summed E-state index contributed by atoms with van der Waals surface area (Å²) in [6, 6.07) is 3.98. The summed E-state index contributed by atoms with van der Waals surface area (Å²) in [5.74, 6) is -1.28. The van der Waals surface area contributed by atoms with Crippen molar-refractivity contribution in [2.75, 3.05) is 0 Å². The molecule has 0 aromatic heterocycles. The Bertz CT molecular complexity index is 383. The number of nitro groups is 1. The first kappa shape index (κ1) is 13.7. The van der Waals surface area contributed by atoms with Crippen LogP contribution in [0.5, 0.6) is 0 Å². The first-order valence-electron chi connectivity index (χ1n) is 3.50. The molecule has 0 saturated carbocycles. The molecule has 0 heterocycles. The fourth-order valence-electron chi connectivity index (χ4n) is 0.980. The van der Waals surface area contributed by atoms with E-state index < -0.39 is 10.9 Å². The van der Waals surface area contributed by atoms with Gasteiger partial charge < -0.3 is 6.53 Å². The molecule has 5 nitrogen and oxygen atoms in total. The van der Waals surface area contributed by atoms with E-state index in [1.807, 2.05) is 0 Å². The molecule has 1 N–H and O–H groups in total. The smallest absolute Gasteiger partial charge is 1.00 e. The number of hydrogen-bond donors (Lipinski definition) is 1. The maximum absolute atomic E-state index is 10.6. The molecule has 0 bridgehead atoms. The van der Waals surface area contributed by atoms with E-state index in [0.717, 1.165) is 0 Å². The van der Waals surface area contributed by atoms with Crippen LogP contribution in [-0.4, -0.2) is 16.0 Å². The molecule has 6 heteroatoms. The number of aryl methyl sites for hydroxylation is 1. The van der Waals surface area contributed by atoms with Crippen LogP contribution in [0.4, 0.5) is 5.69 Å². The van der Waals surface area contributed by atoms with E-state index in [1.165, 1.54) is 18.2 Å². The summed E-state index contributed by atoms with van der Waals surface area (Å²) in [6.45, 7) is 1.68. The zero-order valence-corrected chi connectivity index (χ0v) is 11.0. The minimum absolute atomic E-state index is 0. The number of hydrogen-bond acceptors (Lipinski definition) is 3. The second kappa shape index (κ2) is 5.57. The molecule has 0 spiro atoms. The minimum Gasteiger partial charge on any atom is -1.00 e. The van der Waals surface area contributed by atoms with Crippen molar-refractivity contribution in [2.45, 2.75) is 6.92 Å². The van der Waals surface area contributed by atoms with Crippen LogP contribution in [-0.2, 0) is 0 Å². The predicted molar refractivity (Wildman–Crippen MR) is 45.9 cm³/mol. The third-order valence-electron chi connectivity index (χ3n) is 1.58. The number of carboxylic acid groups (broad SMARTS) is 1. The van der Waals surface area contributed by atoms with Gasteiger partial charge in [-0.1, -0.05) is 6.07 Å². The van der Waals surface area contributed by atoms with Crippen LogP contribution < -0.4 is 51.4 Å². The molecule has 1 aromatic carbocycles. The Kier molecular flexibility index (Phi) is 5.46. The first-order valence-corrected chi connectivity index (χ1v) is 3.50. The van der Waals surface area contributed by atoms with Crippen LogP contribution in [0.15, 0.2) is 18.2 Å². The van der Waals surface area contributed by atoms with Gasteiger partial charge in [0.2, 0.25) is 0 Å². The Morgan fingerprint density at radius 1 is 1.57 bits per heavy atom. The third-order valence-corrected chi connectivity index (χ3v) is 1.58. The molecular formula is C8H8KNO4. The molecule has 0 radical (unpaired) electrons. The Labute approximate surface area is 124 Å². The van der Waals surface area contributed by atoms with Gasteiger partial charge in [-0.15, -0.1) is 0 Å². The van der Waals surface area contributed by atoms with Crippen LogP contribution in [0, 0.1) is 17.0 Å². The van der Waals surface area contributed by atoms with Gasteiger partial charge in [-0.25, -0.2) is 4.79 Å². The SMILES string of the molecule is Cc1ccc([N+](=O)[O-])c(C(=O)O)c1.[H-].[K+]. The van der Waals surface area contributed by atoms with E-state index in [2.05, 4.69) is 0 Å². The van der Waals surface area contributed by atoms with Gasteiger partial charge in [0, 0.05) is 6.07 Å². The van der Waals surface area contributed by atoms with Gasteiger partial charge in [-0.2, -0.15) is 0 Å². The van der Waals surface area contributed by atoms with Crippen LogP contribution in [0.25, 0.3) is 0 Å². The number of benzene rings is 1. The van der Waals surface area contributed by atoms with Crippen LogP contribution >= 0.6 is 0 Å². The summed E-state index contributed by atoms with van der Waals surface area (Å²) < 4.78 is 0. The molecule has 0 aliphatic heterocycles. The molecule has 0 aliphatic rings. The van der Waals surface area contributed by atoms with E-state index >= 15 is 0 Å². The zero-order valence-electron chi connectivity index (χ0n) is 8.85. The zero-order chi connectivity index (χ0) is 10.0. The topological polar surface area (TPSA) is 80.4 Å². The van der Waals surface area contributed by atoms with Crippen molar-refractivity contribution < 1.29 is 67.6 Å². The largest absolute Gasteiger partial charge is 1.00 e. The first-order chi connectivity index (χ1) is 6.02. The molecule has 0 fully saturated rings. The summed E-state index contributed by atoms with van der Waals surface area (Å²) in [5.41, 5.74) is 0.0334. The van der Waals surface area contributed by atoms with Gasteiger partial charge in [0.1, 0.15) is 5.56 Å². The standard InChI is InChI=1S/C8H7NO4.K.H/c1-5-2-3-7(9(12)13)6(4-5)8(10)11;;/h2-4H,1H3,(H,10,11);;/q;+1;-1. The van der Waals surface area contributed by atoms with Gasteiger partial charge in [0.15, 0.2) is 0 Å². The van der Waals surface area contributed by atoms with Crippen molar-refractivity contribution in [2.24, 2.45) is 0 Å². The van der Waals surface area contributed by atoms with Gasteiger partial charge in [0.25, 0.3) is 5.69 Å². The number of carboxylic acids is 1. The molecule has 0 aliphatic carbocycles. The quantitative estimate of drug-likeness (QED) is 0.383. The summed E-state index contributed by atoms with van der Waals surface area (Å²) in [6.07, 6.45) is 0. The van der Waals surface area contributed by atoms with Crippen molar-refractivity contribution in [1.29, 1.82) is 0 Å². The molecule has 0 saturated heterocycles. The Hall–Kier alpha value is -0.274. The van der Waals surface area contributed by atoms with Gasteiger partial charge in [-0.3, -0.25) is 10.1 Å². The average Bonchev–Trinajstić information content (AvgIpc) is 2.03. The maximum atomic E-state index is 10.6. The number of nitro benzene ring substituents is 1. The van der Waals surface area contributed by atoms with Crippen LogP contribution in [0.3, 0.4) is 0 Å². The summed E-state index contributed by atoms with van der Waals surface area (Å²) in [7, 11) is 0. The monoisotopic (exact) mass is 221 g/mol. The average molecular weight is 221 g/mol. The number of nitrogens with zero attached hydrogens (tertiary/aromatic N) is 1. The molecule has 14 heavy (non-hydrogen) atoms. The van der Waals surface area contributed by atoms with Gasteiger partial charge in [0.05, 0.1) is 4.92 Å². The molecule has 1 aromatic rings. The fourth-order valence-corrected chi connectivity index (χ4v) is 0.980. The number of rotatable bonds is 2. The number of aromatic carboxylic acids is 1. The molecular weight excluding hydrogens is 213 g/mol. The Morgan fingerprint density at radius 3 is 2.57 bits per heavy atom. The minimum atomic E-state index is -1.28. The van der Waals surface area contributed by atoms with E-state index in [-0.39, 0.29) is 64.1 Å². The van der Waals surface area contributed by atoms with E-state index in [9.17, 15) is 14.9 Å². The second-order valence-corrected chi connectivity index (χ2v) is 2.58. The number of carbonyl (C=O) groups is 1. The third kappa shape index (κ3) is 3.14. The van der Waals surface area contributed by atoms with Crippen molar-refractivity contribution >= 4 is 11.7 Å². The maximum Gasteiger partial charge on any atom is 1.00 e. The van der Waals surface area contributed by atoms with Crippen molar-refractivity contribution in [3.05, 3.63) is 39.4 Å². The van der Waals surface area contributed by atoms with Crippen molar-refractivity contribution in [3.8, 4) is 0 Å². The Morgan fingerprint density at radius 2 is 2.14 bits per heavy atom. The molecule has 1 rings (SSSR count).